The molecule has 28 heavy (non-hydrogen) atoms. The molecule has 1 aromatic heterocycles. The lowest BCUT2D eigenvalue weighted by atomic mass is 9.70. The first-order chi connectivity index (χ1) is 13.4. The summed E-state index contributed by atoms with van der Waals surface area (Å²) in [7, 11) is 0. The summed E-state index contributed by atoms with van der Waals surface area (Å²) < 4.78 is 41.6. The summed E-state index contributed by atoms with van der Waals surface area (Å²) >= 11 is 0. The molecule has 0 bridgehead atoms. The molecule has 3 aromatic rings. The zero-order chi connectivity index (χ0) is 19.8. The molecule has 1 saturated carbocycles. The Morgan fingerprint density at radius 3 is 2.50 bits per heavy atom. The van der Waals surface area contributed by atoms with E-state index in [4.69, 9.17) is 0 Å². The first kappa shape index (κ1) is 19.0. The topological polar surface area (TPSA) is 48.0 Å². The maximum atomic E-state index is 14.4. The Bertz CT molecular complexity index is 976. The van der Waals surface area contributed by atoms with Gasteiger partial charge in [0.15, 0.2) is 0 Å². The van der Waals surface area contributed by atoms with Crippen molar-refractivity contribution in [1.82, 2.24) is 10.3 Å². The number of aliphatic hydroxyl groups is 1. The van der Waals surface area contributed by atoms with Crippen molar-refractivity contribution >= 4 is 10.9 Å². The van der Waals surface area contributed by atoms with Gasteiger partial charge in [-0.05, 0) is 79.6 Å². The van der Waals surface area contributed by atoms with Gasteiger partial charge in [-0.3, -0.25) is 0 Å². The second kappa shape index (κ2) is 7.60. The minimum Gasteiger partial charge on any atom is -0.392 e. The standard InChI is InChI=1S/C22H23F3N2O/c1-12(28)10-26-11-13-6-15(7-13)20-18-8-17(24)9-19(25)22(18)27-21(20)14-2-4-16(23)5-3-14/h2-5,8-9,12-13,15,26-28H,6-7,10-11H2,1H3. The largest absolute Gasteiger partial charge is 0.392 e. The average Bonchev–Trinajstić information content (AvgIpc) is 2.96. The van der Waals surface area contributed by atoms with Crippen LogP contribution >= 0.6 is 0 Å². The van der Waals surface area contributed by atoms with E-state index in [-0.39, 0.29) is 23.4 Å². The average molecular weight is 388 g/mol. The van der Waals surface area contributed by atoms with Crippen molar-refractivity contribution in [3.63, 3.8) is 0 Å². The molecule has 1 atom stereocenters. The molecule has 0 aliphatic heterocycles. The van der Waals surface area contributed by atoms with Crippen LogP contribution in [0.15, 0.2) is 36.4 Å². The molecular weight excluding hydrogens is 365 g/mol. The van der Waals surface area contributed by atoms with Crippen molar-refractivity contribution in [2.45, 2.75) is 31.8 Å². The molecule has 1 fully saturated rings. The predicted octanol–water partition coefficient (Wildman–Crippen LogP) is 4.72. The SMILES string of the molecule is CC(O)CNCC1CC(c2c(-c3ccc(F)cc3)[nH]c3c(F)cc(F)cc23)C1. The van der Waals surface area contributed by atoms with E-state index < -0.39 is 11.6 Å². The molecule has 0 radical (unpaired) electrons. The summed E-state index contributed by atoms with van der Waals surface area (Å²) in [4.78, 5) is 3.10. The number of benzene rings is 2. The number of fused-ring (bicyclic) bond motifs is 1. The molecular formula is C22H23F3N2O. The quantitative estimate of drug-likeness (QED) is 0.572. The first-order valence-corrected chi connectivity index (χ1v) is 9.57. The number of rotatable bonds is 6. The zero-order valence-corrected chi connectivity index (χ0v) is 15.6. The van der Waals surface area contributed by atoms with E-state index >= 15 is 0 Å². The van der Waals surface area contributed by atoms with Gasteiger partial charge in [-0.1, -0.05) is 0 Å². The van der Waals surface area contributed by atoms with E-state index in [9.17, 15) is 18.3 Å². The maximum absolute atomic E-state index is 14.4. The predicted molar refractivity (Wildman–Crippen MR) is 104 cm³/mol. The Hall–Kier alpha value is -2.31. The molecule has 0 amide bonds. The Morgan fingerprint density at radius 1 is 1.11 bits per heavy atom. The summed E-state index contributed by atoms with van der Waals surface area (Å²) in [5.74, 6) is -0.947. The van der Waals surface area contributed by atoms with E-state index in [0.717, 1.165) is 42.3 Å². The first-order valence-electron chi connectivity index (χ1n) is 9.57. The van der Waals surface area contributed by atoms with Crippen LogP contribution in [0.4, 0.5) is 13.2 Å². The van der Waals surface area contributed by atoms with Crippen molar-refractivity contribution in [2.24, 2.45) is 5.92 Å². The van der Waals surface area contributed by atoms with Crippen LogP contribution in [0.1, 0.15) is 31.2 Å². The third kappa shape index (κ3) is 3.66. The molecule has 148 valence electrons. The molecule has 1 heterocycles. The molecule has 3 nitrogen and oxygen atoms in total. The van der Waals surface area contributed by atoms with Crippen LogP contribution < -0.4 is 5.32 Å². The fraction of sp³-hybridized carbons (Fsp3) is 0.364. The zero-order valence-electron chi connectivity index (χ0n) is 15.6. The van der Waals surface area contributed by atoms with Crippen LogP contribution in [0, 0.1) is 23.4 Å². The Balaban J connectivity index is 1.66. The number of aromatic amines is 1. The highest BCUT2D eigenvalue weighted by molar-refractivity contribution is 5.92. The van der Waals surface area contributed by atoms with Crippen molar-refractivity contribution in [1.29, 1.82) is 0 Å². The number of hydrogen-bond acceptors (Lipinski definition) is 2. The number of H-pyrrole nitrogens is 1. The summed E-state index contributed by atoms with van der Waals surface area (Å²) in [5.41, 5.74) is 2.65. The molecule has 6 heteroatoms. The van der Waals surface area contributed by atoms with E-state index in [1.807, 2.05) is 0 Å². The number of aromatic nitrogens is 1. The smallest absolute Gasteiger partial charge is 0.150 e. The lowest BCUT2D eigenvalue weighted by Crippen LogP contribution is -2.35. The third-order valence-corrected chi connectivity index (χ3v) is 5.51. The Kier molecular flexibility index (Phi) is 5.17. The number of aliphatic hydroxyl groups excluding tert-OH is 1. The molecule has 0 saturated heterocycles. The monoisotopic (exact) mass is 388 g/mol. The van der Waals surface area contributed by atoms with Crippen LogP contribution in [-0.4, -0.2) is 29.3 Å². The normalized spacial score (nSPS) is 20.3. The van der Waals surface area contributed by atoms with E-state index in [0.29, 0.717) is 17.8 Å². The van der Waals surface area contributed by atoms with Gasteiger partial charge in [-0.2, -0.15) is 0 Å². The fourth-order valence-electron chi connectivity index (χ4n) is 4.14. The third-order valence-electron chi connectivity index (χ3n) is 5.51. The Labute approximate surface area is 161 Å². The van der Waals surface area contributed by atoms with Crippen LogP contribution in [-0.2, 0) is 0 Å². The summed E-state index contributed by atoms with van der Waals surface area (Å²) in [6.07, 6.45) is 1.40. The number of halogens is 3. The van der Waals surface area contributed by atoms with Crippen molar-refractivity contribution in [3.8, 4) is 11.3 Å². The lowest BCUT2D eigenvalue weighted by molar-refractivity contribution is 0.180. The highest BCUT2D eigenvalue weighted by atomic mass is 19.1. The molecule has 1 aliphatic rings. The summed E-state index contributed by atoms with van der Waals surface area (Å²) in [6, 6.07) is 8.28. The molecule has 1 unspecified atom stereocenters. The van der Waals surface area contributed by atoms with Gasteiger partial charge < -0.3 is 15.4 Å². The van der Waals surface area contributed by atoms with Gasteiger partial charge >= 0.3 is 0 Å². The van der Waals surface area contributed by atoms with Crippen molar-refractivity contribution < 1.29 is 18.3 Å². The summed E-state index contributed by atoms with van der Waals surface area (Å²) in [5, 5.41) is 13.1. The maximum Gasteiger partial charge on any atom is 0.150 e. The molecule has 0 spiro atoms. The molecule has 4 rings (SSSR count). The van der Waals surface area contributed by atoms with Crippen molar-refractivity contribution in [3.05, 3.63) is 59.4 Å². The van der Waals surface area contributed by atoms with E-state index in [1.54, 1.807) is 19.1 Å². The molecule has 1 aliphatic carbocycles. The van der Waals surface area contributed by atoms with E-state index in [2.05, 4.69) is 10.3 Å². The van der Waals surface area contributed by atoms with Crippen LogP contribution in [0.5, 0.6) is 0 Å². The van der Waals surface area contributed by atoms with Gasteiger partial charge in [0.25, 0.3) is 0 Å². The summed E-state index contributed by atoms with van der Waals surface area (Å²) in [6.45, 7) is 3.09. The second-order valence-corrected chi connectivity index (χ2v) is 7.77. The van der Waals surface area contributed by atoms with Gasteiger partial charge in [0.05, 0.1) is 17.3 Å². The highest BCUT2D eigenvalue weighted by Gasteiger charge is 2.34. The Morgan fingerprint density at radius 2 is 1.82 bits per heavy atom. The van der Waals surface area contributed by atoms with Gasteiger partial charge in [0.2, 0.25) is 0 Å². The molecule has 3 N–H and O–H groups in total. The fourth-order valence-corrected chi connectivity index (χ4v) is 4.14. The highest BCUT2D eigenvalue weighted by Crippen LogP contribution is 2.48. The van der Waals surface area contributed by atoms with E-state index in [1.165, 1.54) is 18.2 Å². The number of hydrogen-bond donors (Lipinski definition) is 3. The lowest BCUT2D eigenvalue weighted by Gasteiger charge is -2.36. The van der Waals surface area contributed by atoms with Gasteiger partial charge in [0, 0.05) is 18.0 Å². The minimum atomic E-state index is -0.626. The van der Waals surface area contributed by atoms with Crippen LogP contribution in [0.3, 0.4) is 0 Å². The van der Waals surface area contributed by atoms with Crippen LogP contribution in [0.2, 0.25) is 0 Å². The van der Waals surface area contributed by atoms with Crippen molar-refractivity contribution in [2.75, 3.05) is 13.1 Å². The van der Waals surface area contributed by atoms with Gasteiger partial charge in [0.1, 0.15) is 17.5 Å². The van der Waals surface area contributed by atoms with Gasteiger partial charge in [-0.15, -0.1) is 0 Å². The molecule has 2 aromatic carbocycles. The number of nitrogens with one attached hydrogen (secondary N) is 2. The minimum absolute atomic E-state index is 0.174. The van der Waals surface area contributed by atoms with Crippen LogP contribution in [0.25, 0.3) is 22.2 Å². The second-order valence-electron chi connectivity index (χ2n) is 7.77. The van der Waals surface area contributed by atoms with Gasteiger partial charge in [-0.25, -0.2) is 13.2 Å².